The van der Waals surface area contributed by atoms with Crippen LogP contribution in [0.15, 0.2) is 84.0 Å². The van der Waals surface area contributed by atoms with Crippen molar-refractivity contribution in [3.05, 3.63) is 90.0 Å². The molecule has 3 aromatic carbocycles. The Morgan fingerprint density at radius 1 is 1.00 bits per heavy atom. The molecule has 154 valence electrons. The molecule has 0 aromatic heterocycles. The number of hydrazone groups is 1. The zero-order chi connectivity index (χ0) is 21.2. The molecule has 0 bridgehead atoms. The van der Waals surface area contributed by atoms with Crippen LogP contribution in [0.2, 0.25) is 0 Å². The highest BCUT2D eigenvalue weighted by molar-refractivity contribution is 5.87. The molecule has 2 N–H and O–H groups in total. The van der Waals surface area contributed by atoms with E-state index in [9.17, 15) is 4.79 Å². The number of benzene rings is 3. The van der Waals surface area contributed by atoms with Gasteiger partial charge in [-0.2, -0.15) is 5.10 Å². The third-order valence-electron chi connectivity index (χ3n) is 4.40. The van der Waals surface area contributed by atoms with Crippen molar-refractivity contribution in [3.63, 3.8) is 0 Å². The molecule has 30 heavy (non-hydrogen) atoms. The van der Waals surface area contributed by atoms with Crippen LogP contribution in [0.4, 0.5) is 5.69 Å². The topological polar surface area (TPSA) is 72.0 Å². The number of carbonyl (C=O) groups is 1. The van der Waals surface area contributed by atoms with E-state index >= 15 is 0 Å². The molecule has 3 rings (SSSR count). The third-order valence-corrected chi connectivity index (χ3v) is 4.40. The Balaban J connectivity index is 1.54. The Morgan fingerprint density at radius 2 is 1.70 bits per heavy atom. The van der Waals surface area contributed by atoms with E-state index in [0.717, 1.165) is 22.6 Å². The zero-order valence-corrected chi connectivity index (χ0v) is 17.0. The van der Waals surface area contributed by atoms with Crippen LogP contribution in [0, 0.1) is 0 Å². The number of hydrogen-bond donors (Lipinski definition) is 2. The van der Waals surface area contributed by atoms with Crippen molar-refractivity contribution in [2.45, 2.75) is 19.6 Å². The Hall–Kier alpha value is -3.80. The number of para-hydroxylation sites is 1. The highest BCUT2D eigenvalue weighted by Gasteiger charge is 2.11. The van der Waals surface area contributed by atoms with E-state index in [1.807, 2.05) is 78.9 Å². The number of anilines is 1. The largest absolute Gasteiger partial charge is 0.497 e. The van der Waals surface area contributed by atoms with Crippen LogP contribution >= 0.6 is 0 Å². The van der Waals surface area contributed by atoms with Crippen molar-refractivity contribution in [1.82, 2.24) is 5.43 Å². The minimum Gasteiger partial charge on any atom is -0.497 e. The minimum atomic E-state index is -0.458. The molecule has 0 saturated heterocycles. The van der Waals surface area contributed by atoms with Crippen LogP contribution in [0.5, 0.6) is 11.5 Å². The van der Waals surface area contributed by atoms with Gasteiger partial charge in [0.2, 0.25) is 0 Å². The summed E-state index contributed by atoms with van der Waals surface area (Å²) in [4.78, 5) is 12.3. The van der Waals surface area contributed by atoms with E-state index < -0.39 is 6.04 Å². The molecule has 3 aromatic rings. The predicted octanol–water partition coefficient (Wildman–Crippen LogP) is 4.22. The quantitative estimate of drug-likeness (QED) is 0.414. The number of amides is 1. The molecule has 0 heterocycles. The molecule has 0 spiro atoms. The van der Waals surface area contributed by atoms with E-state index in [2.05, 4.69) is 15.8 Å². The van der Waals surface area contributed by atoms with Gasteiger partial charge in [-0.05, 0) is 48.9 Å². The molecule has 0 aliphatic heterocycles. The number of ether oxygens (including phenoxy) is 2. The Kier molecular flexibility index (Phi) is 7.44. The highest BCUT2D eigenvalue weighted by atomic mass is 16.5. The number of nitrogens with zero attached hydrogens (tertiary/aromatic N) is 1. The lowest BCUT2D eigenvalue weighted by Gasteiger charge is -2.14. The van der Waals surface area contributed by atoms with Gasteiger partial charge in [-0.3, -0.25) is 4.79 Å². The van der Waals surface area contributed by atoms with E-state index in [1.54, 1.807) is 20.2 Å². The summed E-state index contributed by atoms with van der Waals surface area (Å²) >= 11 is 0. The molecule has 0 unspecified atom stereocenters. The van der Waals surface area contributed by atoms with Gasteiger partial charge >= 0.3 is 0 Å². The molecule has 0 aliphatic carbocycles. The van der Waals surface area contributed by atoms with Crippen LogP contribution in [0.1, 0.15) is 18.1 Å². The predicted molar refractivity (Wildman–Crippen MR) is 119 cm³/mol. The second-order valence-electron chi connectivity index (χ2n) is 6.64. The summed E-state index contributed by atoms with van der Waals surface area (Å²) in [6, 6.07) is 24.4. The normalized spacial score (nSPS) is 11.7. The molecule has 6 nitrogen and oxygen atoms in total. The van der Waals surface area contributed by atoms with Gasteiger partial charge in [0.15, 0.2) is 0 Å². The summed E-state index contributed by atoms with van der Waals surface area (Å²) in [6.45, 7) is 2.23. The zero-order valence-electron chi connectivity index (χ0n) is 17.0. The summed E-state index contributed by atoms with van der Waals surface area (Å²) in [5.41, 5.74) is 5.25. The lowest BCUT2D eigenvalue weighted by atomic mass is 10.2. The summed E-state index contributed by atoms with van der Waals surface area (Å²) in [6.07, 6.45) is 1.58. The summed E-state index contributed by atoms with van der Waals surface area (Å²) in [5.74, 6) is 1.21. The summed E-state index contributed by atoms with van der Waals surface area (Å²) in [7, 11) is 1.61. The number of rotatable bonds is 9. The van der Waals surface area contributed by atoms with Gasteiger partial charge < -0.3 is 14.8 Å². The van der Waals surface area contributed by atoms with E-state index in [-0.39, 0.29) is 5.91 Å². The number of methoxy groups -OCH3 is 1. The molecule has 0 radical (unpaired) electrons. The molecular formula is C24H25N3O3. The Labute approximate surface area is 176 Å². The number of carbonyl (C=O) groups excluding carboxylic acids is 1. The average molecular weight is 403 g/mol. The molecule has 1 atom stereocenters. The smallest absolute Gasteiger partial charge is 0.262 e. The SMILES string of the molecule is COc1ccc(N[C@H](C)C(=O)N/N=C\c2ccccc2OCc2ccccc2)cc1. The molecule has 0 aliphatic rings. The standard InChI is InChI=1S/C24H25N3O3/c1-18(26-21-12-14-22(29-2)15-13-21)24(28)27-25-16-20-10-6-7-11-23(20)30-17-19-8-4-3-5-9-19/h3-16,18,26H,17H2,1-2H3,(H,27,28)/b25-16-/t18-/m1/s1. The van der Waals surface area contributed by atoms with Gasteiger partial charge in [0.1, 0.15) is 24.1 Å². The first-order valence-corrected chi connectivity index (χ1v) is 9.65. The maximum Gasteiger partial charge on any atom is 0.262 e. The molecule has 0 saturated carbocycles. The number of hydrogen-bond acceptors (Lipinski definition) is 5. The van der Waals surface area contributed by atoms with Crippen LogP contribution in [-0.4, -0.2) is 25.3 Å². The van der Waals surface area contributed by atoms with Crippen molar-refractivity contribution in [1.29, 1.82) is 0 Å². The fraction of sp³-hybridized carbons (Fsp3) is 0.167. The van der Waals surface area contributed by atoms with Crippen LogP contribution in [0.25, 0.3) is 0 Å². The van der Waals surface area contributed by atoms with Crippen molar-refractivity contribution in [2.24, 2.45) is 5.10 Å². The van der Waals surface area contributed by atoms with E-state index in [1.165, 1.54) is 0 Å². The molecule has 1 amide bonds. The summed E-state index contributed by atoms with van der Waals surface area (Å²) in [5, 5.41) is 7.21. The van der Waals surface area contributed by atoms with Gasteiger partial charge in [-0.1, -0.05) is 42.5 Å². The van der Waals surface area contributed by atoms with Crippen molar-refractivity contribution >= 4 is 17.8 Å². The molecule has 0 fully saturated rings. The highest BCUT2D eigenvalue weighted by Crippen LogP contribution is 2.18. The average Bonchev–Trinajstić information content (AvgIpc) is 2.79. The molecule has 6 heteroatoms. The first-order valence-electron chi connectivity index (χ1n) is 9.65. The Morgan fingerprint density at radius 3 is 2.43 bits per heavy atom. The third kappa shape index (κ3) is 6.10. The first kappa shape index (κ1) is 20.9. The fourth-order valence-electron chi connectivity index (χ4n) is 2.72. The van der Waals surface area contributed by atoms with Crippen LogP contribution < -0.4 is 20.2 Å². The molecular weight excluding hydrogens is 378 g/mol. The maximum absolute atomic E-state index is 12.3. The van der Waals surface area contributed by atoms with E-state index in [0.29, 0.717) is 12.4 Å². The fourth-order valence-corrected chi connectivity index (χ4v) is 2.72. The van der Waals surface area contributed by atoms with Crippen molar-refractivity contribution in [2.75, 3.05) is 12.4 Å². The monoisotopic (exact) mass is 403 g/mol. The van der Waals surface area contributed by atoms with Crippen molar-refractivity contribution < 1.29 is 14.3 Å². The van der Waals surface area contributed by atoms with Crippen LogP contribution in [0.3, 0.4) is 0 Å². The van der Waals surface area contributed by atoms with Gasteiger partial charge in [0.25, 0.3) is 5.91 Å². The lowest BCUT2D eigenvalue weighted by Crippen LogP contribution is -2.34. The van der Waals surface area contributed by atoms with Gasteiger partial charge in [0, 0.05) is 11.3 Å². The van der Waals surface area contributed by atoms with Crippen molar-refractivity contribution in [3.8, 4) is 11.5 Å². The number of nitrogens with one attached hydrogen (secondary N) is 2. The second-order valence-corrected chi connectivity index (χ2v) is 6.64. The van der Waals surface area contributed by atoms with Gasteiger partial charge in [-0.15, -0.1) is 0 Å². The van der Waals surface area contributed by atoms with Crippen LogP contribution in [-0.2, 0) is 11.4 Å². The Bertz CT molecular complexity index is 973. The van der Waals surface area contributed by atoms with Gasteiger partial charge in [-0.25, -0.2) is 5.43 Å². The second kappa shape index (κ2) is 10.7. The first-order chi connectivity index (χ1) is 14.7. The summed E-state index contributed by atoms with van der Waals surface area (Å²) < 4.78 is 11.0. The van der Waals surface area contributed by atoms with Gasteiger partial charge in [0.05, 0.1) is 13.3 Å². The lowest BCUT2D eigenvalue weighted by molar-refractivity contribution is -0.121. The maximum atomic E-state index is 12.3. The van der Waals surface area contributed by atoms with E-state index in [4.69, 9.17) is 9.47 Å². The minimum absolute atomic E-state index is 0.246.